The average Bonchev–Trinajstić information content (AvgIpc) is 2.44. The number of carbonyl (C=O) groups is 1. The van der Waals surface area contributed by atoms with Crippen LogP contribution in [-0.4, -0.2) is 31.0 Å². The number of hydrogen-bond acceptors (Lipinski definition) is 2. The predicted molar refractivity (Wildman–Crippen MR) is 81.6 cm³/mol. The fourth-order valence-electron chi connectivity index (χ4n) is 2.83. The Labute approximate surface area is 121 Å². The Kier molecular flexibility index (Phi) is 4.83. The number of carbonyl (C=O) groups excluding carboxylic acids is 1. The van der Waals surface area contributed by atoms with Gasteiger partial charge in [0.25, 0.3) is 0 Å². The van der Waals surface area contributed by atoms with Crippen LogP contribution in [-0.2, 0) is 4.79 Å². The normalized spacial score (nSPS) is 23.1. The van der Waals surface area contributed by atoms with Crippen LogP contribution >= 0.6 is 0 Å². The molecule has 3 nitrogen and oxygen atoms in total. The fourth-order valence-corrected chi connectivity index (χ4v) is 2.83. The number of methoxy groups -OCH3 is 1. The van der Waals surface area contributed by atoms with Crippen LogP contribution in [0.2, 0.25) is 0 Å². The molecule has 3 heteroatoms. The Balaban J connectivity index is 1.97. The van der Waals surface area contributed by atoms with Crippen molar-refractivity contribution in [2.24, 2.45) is 11.8 Å². The maximum atomic E-state index is 12.2. The Hall–Kier alpha value is -1.77. The molecule has 1 amide bonds. The minimum Gasteiger partial charge on any atom is -0.497 e. The second-order valence-corrected chi connectivity index (χ2v) is 5.80. The first kappa shape index (κ1) is 14.6. The highest BCUT2D eigenvalue weighted by Gasteiger charge is 2.23. The van der Waals surface area contributed by atoms with Crippen molar-refractivity contribution in [3.05, 3.63) is 35.9 Å². The molecule has 1 saturated heterocycles. The molecule has 0 aliphatic carbocycles. The van der Waals surface area contributed by atoms with Gasteiger partial charge in [0.05, 0.1) is 7.11 Å². The smallest absolute Gasteiger partial charge is 0.246 e. The summed E-state index contributed by atoms with van der Waals surface area (Å²) in [7, 11) is 1.65. The summed E-state index contributed by atoms with van der Waals surface area (Å²) in [5, 5.41) is 0. The summed E-state index contributed by atoms with van der Waals surface area (Å²) in [6, 6.07) is 7.69. The van der Waals surface area contributed by atoms with Crippen molar-refractivity contribution < 1.29 is 9.53 Å². The highest BCUT2D eigenvalue weighted by Crippen LogP contribution is 2.21. The molecule has 0 N–H and O–H groups in total. The third-order valence-corrected chi connectivity index (χ3v) is 3.71. The van der Waals surface area contributed by atoms with E-state index < -0.39 is 0 Å². The molecule has 2 atom stereocenters. The van der Waals surface area contributed by atoms with Crippen molar-refractivity contribution in [1.82, 2.24) is 4.90 Å². The van der Waals surface area contributed by atoms with Gasteiger partial charge in [0.15, 0.2) is 0 Å². The van der Waals surface area contributed by atoms with Crippen LogP contribution in [0.1, 0.15) is 25.8 Å². The molecule has 2 rings (SSSR count). The van der Waals surface area contributed by atoms with E-state index in [1.54, 1.807) is 13.2 Å². The molecule has 0 unspecified atom stereocenters. The van der Waals surface area contributed by atoms with Crippen LogP contribution in [0.25, 0.3) is 6.08 Å². The SMILES string of the molecule is COc1ccc(/C=C/C(=O)N2C[C@H](C)C[C@@H](C)C2)cc1. The van der Waals surface area contributed by atoms with Crippen molar-refractivity contribution in [1.29, 1.82) is 0 Å². The maximum Gasteiger partial charge on any atom is 0.246 e. The van der Waals surface area contributed by atoms with Gasteiger partial charge in [-0.05, 0) is 42.0 Å². The monoisotopic (exact) mass is 273 g/mol. The van der Waals surface area contributed by atoms with E-state index in [9.17, 15) is 4.79 Å². The van der Waals surface area contributed by atoms with E-state index in [-0.39, 0.29) is 5.91 Å². The van der Waals surface area contributed by atoms with Gasteiger partial charge in [-0.1, -0.05) is 26.0 Å². The maximum absolute atomic E-state index is 12.2. The van der Waals surface area contributed by atoms with Crippen molar-refractivity contribution in [2.75, 3.05) is 20.2 Å². The molecular formula is C17H23NO2. The van der Waals surface area contributed by atoms with E-state index in [4.69, 9.17) is 4.74 Å². The second kappa shape index (κ2) is 6.60. The van der Waals surface area contributed by atoms with Gasteiger partial charge in [-0.2, -0.15) is 0 Å². The molecule has 0 radical (unpaired) electrons. The zero-order valence-electron chi connectivity index (χ0n) is 12.5. The molecule has 0 spiro atoms. The van der Waals surface area contributed by atoms with Gasteiger partial charge in [-0.15, -0.1) is 0 Å². The predicted octanol–water partition coefficient (Wildman–Crippen LogP) is 3.21. The molecule has 1 heterocycles. The van der Waals surface area contributed by atoms with E-state index in [0.29, 0.717) is 11.8 Å². The summed E-state index contributed by atoms with van der Waals surface area (Å²) in [6.45, 7) is 6.17. The molecule has 1 aromatic rings. The molecule has 20 heavy (non-hydrogen) atoms. The van der Waals surface area contributed by atoms with Crippen molar-refractivity contribution in [2.45, 2.75) is 20.3 Å². The van der Waals surface area contributed by atoms with Gasteiger partial charge in [-0.25, -0.2) is 0 Å². The molecule has 1 aliphatic rings. The molecule has 1 fully saturated rings. The lowest BCUT2D eigenvalue weighted by atomic mass is 9.92. The van der Waals surface area contributed by atoms with Gasteiger partial charge in [-0.3, -0.25) is 4.79 Å². The number of amides is 1. The van der Waals surface area contributed by atoms with Crippen molar-refractivity contribution in [3.8, 4) is 5.75 Å². The number of benzene rings is 1. The molecule has 0 bridgehead atoms. The van der Waals surface area contributed by atoms with Crippen LogP contribution in [0.5, 0.6) is 5.75 Å². The molecular weight excluding hydrogens is 250 g/mol. The van der Waals surface area contributed by atoms with E-state index in [1.807, 2.05) is 35.2 Å². The second-order valence-electron chi connectivity index (χ2n) is 5.80. The Morgan fingerprint density at radius 3 is 2.35 bits per heavy atom. The third kappa shape index (κ3) is 3.86. The van der Waals surface area contributed by atoms with Gasteiger partial charge in [0.1, 0.15) is 5.75 Å². The highest BCUT2D eigenvalue weighted by molar-refractivity contribution is 5.91. The highest BCUT2D eigenvalue weighted by atomic mass is 16.5. The Morgan fingerprint density at radius 2 is 1.80 bits per heavy atom. The Morgan fingerprint density at radius 1 is 1.20 bits per heavy atom. The first-order valence-electron chi connectivity index (χ1n) is 7.19. The summed E-state index contributed by atoms with van der Waals surface area (Å²) in [4.78, 5) is 14.2. The quantitative estimate of drug-likeness (QED) is 0.791. The average molecular weight is 273 g/mol. The van der Waals surface area contributed by atoms with Gasteiger partial charge >= 0.3 is 0 Å². The number of nitrogens with zero attached hydrogens (tertiary/aromatic N) is 1. The molecule has 108 valence electrons. The lowest BCUT2D eigenvalue weighted by Crippen LogP contribution is -2.41. The number of piperidine rings is 1. The van der Waals surface area contributed by atoms with Gasteiger partial charge < -0.3 is 9.64 Å². The van der Waals surface area contributed by atoms with Crippen LogP contribution in [0, 0.1) is 11.8 Å². The minimum atomic E-state index is 0.110. The molecule has 1 aliphatic heterocycles. The largest absolute Gasteiger partial charge is 0.497 e. The lowest BCUT2D eigenvalue weighted by Gasteiger charge is -2.34. The van der Waals surface area contributed by atoms with Gasteiger partial charge in [0.2, 0.25) is 5.91 Å². The summed E-state index contributed by atoms with van der Waals surface area (Å²) >= 11 is 0. The zero-order chi connectivity index (χ0) is 14.5. The van der Waals surface area contributed by atoms with Crippen molar-refractivity contribution in [3.63, 3.8) is 0 Å². The fraction of sp³-hybridized carbons (Fsp3) is 0.471. The van der Waals surface area contributed by atoms with Crippen LogP contribution < -0.4 is 4.74 Å². The summed E-state index contributed by atoms with van der Waals surface area (Å²) < 4.78 is 5.11. The van der Waals surface area contributed by atoms with Crippen LogP contribution in [0.3, 0.4) is 0 Å². The van der Waals surface area contributed by atoms with E-state index >= 15 is 0 Å². The lowest BCUT2D eigenvalue weighted by molar-refractivity contribution is -0.128. The topological polar surface area (TPSA) is 29.5 Å². The van der Waals surface area contributed by atoms with Gasteiger partial charge in [0, 0.05) is 19.2 Å². The summed E-state index contributed by atoms with van der Waals surface area (Å²) in [5.41, 5.74) is 1.01. The molecule has 0 saturated carbocycles. The summed E-state index contributed by atoms with van der Waals surface area (Å²) in [5.74, 6) is 2.13. The molecule has 0 aromatic heterocycles. The number of hydrogen-bond donors (Lipinski definition) is 0. The van der Waals surface area contributed by atoms with Crippen LogP contribution in [0.15, 0.2) is 30.3 Å². The van der Waals surface area contributed by atoms with E-state index in [0.717, 1.165) is 24.4 Å². The van der Waals surface area contributed by atoms with Crippen LogP contribution in [0.4, 0.5) is 0 Å². The number of likely N-dealkylation sites (tertiary alicyclic amines) is 1. The third-order valence-electron chi connectivity index (χ3n) is 3.71. The number of ether oxygens (including phenoxy) is 1. The van der Waals surface area contributed by atoms with E-state index in [1.165, 1.54) is 6.42 Å². The molecule has 1 aromatic carbocycles. The van der Waals surface area contributed by atoms with Crippen molar-refractivity contribution >= 4 is 12.0 Å². The number of rotatable bonds is 3. The first-order valence-corrected chi connectivity index (χ1v) is 7.19. The summed E-state index contributed by atoms with van der Waals surface area (Å²) in [6.07, 6.45) is 4.75. The minimum absolute atomic E-state index is 0.110. The standard InChI is InChI=1S/C17H23NO2/c1-13-10-14(2)12-18(11-13)17(19)9-6-15-4-7-16(20-3)8-5-15/h4-9,13-14H,10-12H2,1-3H3/b9-6+/t13-,14-/m1/s1. The Bertz CT molecular complexity index is 468. The first-order chi connectivity index (χ1) is 9.58. The zero-order valence-corrected chi connectivity index (χ0v) is 12.5. The van der Waals surface area contributed by atoms with E-state index in [2.05, 4.69) is 13.8 Å².